The average molecular weight is 704 g/mol. The van der Waals surface area contributed by atoms with Gasteiger partial charge in [-0.15, -0.1) is 24.9 Å². The highest BCUT2D eigenvalue weighted by Gasteiger charge is 2.76. The number of hydrogen-bond acceptors (Lipinski definition) is 7. The van der Waals surface area contributed by atoms with Crippen LogP contribution in [0.4, 0.5) is 0 Å². The van der Waals surface area contributed by atoms with Crippen molar-refractivity contribution in [3.8, 4) is 0 Å². The summed E-state index contributed by atoms with van der Waals surface area (Å²) in [7, 11) is 0. The van der Waals surface area contributed by atoms with Crippen molar-refractivity contribution in [1.29, 1.82) is 0 Å². The van der Waals surface area contributed by atoms with Crippen LogP contribution in [0.15, 0.2) is 55.6 Å². The van der Waals surface area contributed by atoms with Gasteiger partial charge in [0.2, 0.25) is 17.7 Å². The third-order valence-electron chi connectivity index (χ3n) is 9.69. The first-order valence-electron chi connectivity index (χ1n) is 16.2. The quantitative estimate of drug-likeness (QED) is 0.161. The van der Waals surface area contributed by atoms with E-state index in [1.165, 1.54) is 0 Å². The topological polar surface area (TPSA) is 93.6 Å². The second-order valence-corrected chi connectivity index (χ2v) is 15.2. The molecule has 1 N–H and O–H groups in total. The van der Waals surface area contributed by atoms with E-state index in [9.17, 15) is 19.5 Å². The van der Waals surface area contributed by atoms with Gasteiger partial charge in [0.05, 0.1) is 29.8 Å². The molecule has 5 rings (SSSR count). The van der Waals surface area contributed by atoms with Crippen molar-refractivity contribution in [3.63, 3.8) is 0 Å². The smallest absolute Gasteiger partial charge is 0.247 e. The van der Waals surface area contributed by atoms with E-state index in [-0.39, 0.29) is 34.4 Å². The Morgan fingerprint density at radius 3 is 2.44 bits per heavy atom. The highest BCUT2D eigenvalue weighted by molar-refractivity contribution is 9.09. The highest BCUT2D eigenvalue weighted by atomic mass is 79.9. The number of carbonyl (C=O) groups is 3. The van der Waals surface area contributed by atoms with Gasteiger partial charge in [-0.1, -0.05) is 58.4 Å². The summed E-state index contributed by atoms with van der Waals surface area (Å²) in [4.78, 5) is 51.5. The lowest BCUT2D eigenvalue weighted by atomic mass is 9.70. The molecule has 4 aliphatic heterocycles. The van der Waals surface area contributed by atoms with E-state index in [0.717, 1.165) is 31.6 Å². The van der Waals surface area contributed by atoms with Gasteiger partial charge in [0, 0.05) is 69.0 Å². The van der Waals surface area contributed by atoms with E-state index in [1.807, 2.05) is 40.1 Å². The van der Waals surface area contributed by atoms with Crippen LogP contribution in [0, 0.1) is 11.8 Å². The molecule has 0 aromatic heterocycles. The molecular weight excluding hydrogens is 656 g/mol. The molecule has 0 radical (unpaired) electrons. The zero-order valence-corrected chi connectivity index (χ0v) is 28.5. The van der Waals surface area contributed by atoms with Crippen molar-refractivity contribution >= 4 is 45.4 Å². The molecule has 4 fully saturated rings. The van der Waals surface area contributed by atoms with Crippen molar-refractivity contribution < 1.29 is 24.2 Å². The molecule has 45 heavy (non-hydrogen) atoms. The molecule has 6 atom stereocenters. The first kappa shape index (κ1) is 34.2. The number of morpholine rings is 1. The Kier molecular flexibility index (Phi) is 11.8. The van der Waals surface area contributed by atoms with Gasteiger partial charge < -0.3 is 24.5 Å². The van der Waals surface area contributed by atoms with Gasteiger partial charge in [-0.3, -0.25) is 19.3 Å². The second-order valence-electron chi connectivity index (χ2n) is 12.5. The Balaban J connectivity index is 1.45. The lowest BCUT2D eigenvalue weighted by Gasteiger charge is -2.39. The van der Waals surface area contributed by atoms with Gasteiger partial charge in [-0.25, -0.2) is 0 Å². The fraction of sp³-hybridized carbons (Fsp3) is 0.618. The summed E-state index contributed by atoms with van der Waals surface area (Å²) >= 11 is 5.58. The standard InChI is InChI=1S/C34H47BrN4O5S/c1-3-13-37(17-16-36-18-21-44-22-19-36)33(43)30-34-23-26(35)29(45-34)27(28(34)32(42)39(30)15-9-6-10-20-40)31(41)38(14-4-2)24-25-11-7-5-8-12-25/h3-5,7-8,11-12,26-30,40H,1-2,6,9-10,13-24H2/t26?,27-,28+,29-,30?,34?/m1/s1. The molecule has 4 heterocycles. The van der Waals surface area contributed by atoms with Crippen LogP contribution in [0.2, 0.25) is 0 Å². The predicted molar refractivity (Wildman–Crippen MR) is 181 cm³/mol. The fourth-order valence-electron chi connectivity index (χ4n) is 7.61. The SMILES string of the molecule is C=CCN(CCN1CCOCC1)C(=O)C1N(CCCCCO)C(=O)[C@@H]2[C@@H](C(=O)N(CC=C)Cc3ccccc3)[C@@H]3SC12CC3Br. The third kappa shape index (κ3) is 7.07. The number of aliphatic hydroxyl groups is 1. The molecule has 1 aromatic carbocycles. The fourth-order valence-corrected chi connectivity index (χ4v) is 11.2. The van der Waals surface area contributed by atoms with Crippen LogP contribution in [0.1, 0.15) is 31.2 Å². The Morgan fingerprint density at radius 1 is 1.04 bits per heavy atom. The third-order valence-corrected chi connectivity index (χ3v) is 12.9. The van der Waals surface area contributed by atoms with Crippen molar-refractivity contribution in [3.05, 3.63) is 61.2 Å². The summed E-state index contributed by atoms with van der Waals surface area (Å²) in [5, 5.41) is 9.26. The van der Waals surface area contributed by atoms with Crippen LogP contribution < -0.4 is 0 Å². The highest BCUT2D eigenvalue weighted by Crippen LogP contribution is 2.68. The number of halogens is 1. The molecule has 9 nitrogen and oxygen atoms in total. The monoisotopic (exact) mass is 702 g/mol. The van der Waals surface area contributed by atoms with E-state index in [1.54, 1.807) is 28.8 Å². The van der Waals surface area contributed by atoms with Gasteiger partial charge in [0.1, 0.15) is 6.04 Å². The molecule has 4 saturated heterocycles. The minimum Gasteiger partial charge on any atom is -0.396 e. The Labute approximate surface area is 280 Å². The molecule has 3 unspecified atom stereocenters. The first-order valence-corrected chi connectivity index (χ1v) is 18.0. The van der Waals surface area contributed by atoms with Crippen LogP contribution in [0.25, 0.3) is 0 Å². The van der Waals surface area contributed by atoms with Crippen LogP contribution in [0.3, 0.4) is 0 Å². The summed E-state index contributed by atoms with van der Waals surface area (Å²) in [6.07, 6.45) is 6.24. The van der Waals surface area contributed by atoms with Gasteiger partial charge >= 0.3 is 0 Å². The molecule has 4 aliphatic rings. The zero-order valence-electron chi connectivity index (χ0n) is 26.1. The van der Waals surface area contributed by atoms with E-state index < -0.39 is 22.6 Å². The summed E-state index contributed by atoms with van der Waals surface area (Å²) in [6.45, 7) is 13.9. The number of benzene rings is 1. The number of carbonyl (C=O) groups excluding carboxylic acids is 3. The molecule has 0 saturated carbocycles. The number of aliphatic hydroxyl groups excluding tert-OH is 1. The van der Waals surface area contributed by atoms with Crippen molar-refractivity contribution in [2.24, 2.45) is 11.8 Å². The molecule has 246 valence electrons. The minimum absolute atomic E-state index is 0.00801. The number of likely N-dealkylation sites (tertiary alicyclic amines) is 1. The summed E-state index contributed by atoms with van der Waals surface area (Å²) in [5.41, 5.74) is 1.02. The maximum absolute atomic E-state index is 14.7. The second kappa shape index (κ2) is 15.6. The Bertz CT molecular complexity index is 1220. The molecule has 2 bridgehead atoms. The molecule has 3 amide bonds. The molecule has 0 aliphatic carbocycles. The minimum atomic E-state index is -0.699. The number of rotatable bonds is 16. The number of ether oxygens (including phenoxy) is 1. The number of thioether (sulfide) groups is 1. The van der Waals surface area contributed by atoms with E-state index in [0.29, 0.717) is 65.2 Å². The molecular formula is C34H47BrN4O5S. The first-order chi connectivity index (χ1) is 21.9. The number of hydrogen-bond donors (Lipinski definition) is 1. The van der Waals surface area contributed by atoms with Crippen molar-refractivity contribution in [2.75, 3.05) is 65.6 Å². The van der Waals surface area contributed by atoms with Crippen LogP contribution in [-0.4, -0.2) is 129 Å². The van der Waals surface area contributed by atoms with Crippen LogP contribution in [0.5, 0.6) is 0 Å². The van der Waals surface area contributed by atoms with Crippen LogP contribution in [-0.2, 0) is 25.7 Å². The Morgan fingerprint density at radius 2 is 1.76 bits per heavy atom. The van der Waals surface area contributed by atoms with E-state index >= 15 is 0 Å². The van der Waals surface area contributed by atoms with E-state index in [2.05, 4.69) is 34.0 Å². The van der Waals surface area contributed by atoms with E-state index in [4.69, 9.17) is 4.74 Å². The number of amides is 3. The number of nitrogens with zero attached hydrogens (tertiary/aromatic N) is 4. The summed E-state index contributed by atoms with van der Waals surface area (Å²) < 4.78 is 4.81. The summed E-state index contributed by atoms with van der Waals surface area (Å²) in [6, 6.07) is 9.22. The molecule has 1 spiro atoms. The van der Waals surface area contributed by atoms with Gasteiger partial charge in [0.25, 0.3) is 0 Å². The largest absolute Gasteiger partial charge is 0.396 e. The lowest BCUT2D eigenvalue weighted by molar-refractivity contribution is -0.145. The van der Waals surface area contributed by atoms with Gasteiger partial charge in [-0.05, 0) is 31.2 Å². The number of fused-ring (bicyclic) bond motifs is 1. The van der Waals surface area contributed by atoms with Crippen molar-refractivity contribution in [2.45, 2.75) is 53.1 Å². The van der Waals surface area contributed by atoms with Crippen LogP contribution >= 0.6 is 27.7 Å². The Hall–Kier alpha value is -2.18. The number of alkyl halides is 1. The predicted octanol–water partition coefficient (Wildman–Crippen LogP) is 3.18. The zero-order chi connectivity index (χ0) is 32.0. The average Bonchev–Trinajstić information content (AvgIpc) is 3.64. The van der Waals surface area contributed by atoms with Crippen molar-refractivity contribution in [1.82, 2.24) is 19.6 Å². The maximum atomic E-state index is 14.7. The summed E-state index contributed by atoms with van der Waals surface area (Å²) in [5.74, 6) is -1.31. The number of unbranched alkanes of at least 4 members (excludes halogenated alkanes) is 2. The molecule has 1 aromatic rings. The van der Waals surface area contributed by atoms with Gasteiger partial charge in [-0.2, -0.15) is 0 Å². The lowest BCUT2D eigenvalue weighted by Crippen LogP contribution is -2.56. The maximum Gasteiger partial charge on any atom is 0.247 e. The normalized spacial score (nSPS) is 29.1. The van der Waals surface area contributed by atoms with Gasteiger partial charge in [0.15, 0.2) is 0 Å². The molecule has 11 heteroatoms.